The van der Waals surface area contributed by atoms with E-state index in [-0.39, 0.29) is 39.9 Å². The van der Waals surface area contributed by atoms with Crippen molar-refractivity contribution in [1.29, 1.82) is 0 Å². The first-order valence-corrected chi connectivity index (χ1v) is 9.61. The average molecular weight is 428 g/mol. The molecule has 0 saturated carbocycles. The number of phenolic OH excluding ortho intramolecular Hbond substituents is 4. The number of ketones is 2. The van der Waals surface area contributed by atoms with Crippen molar-refractivity contribution < 1.29 is 30.0 Å². The van der Waals surface area contributed by atoms with Gasteiger partial charge in [0.2, 0.25) is 0 Å². The first-order chi connectivity index (χ1) is 15.4. The molecule has 0 bridgehead atoms. The van der Waals surface area contributed by atoms with Crippen molar-refractivity contribution in [2.75, 3.05) is 0 Å². The predicted molar refractivity (Wildman–Crippen MR) is 119 cm³/mol. The third kappa shape index (κ3) is 5.12. The molecular weight excluding hydrogens is 408 g/mol. The van der Waals surface area contributed by atoms with Gasteiger partial charge in [-0.1, -0.05) is 66.7 Å². The highest BCUT2D eigenvalue weighted by atomic mass is 16.3. The second kappa shape index (κ2) is 9.95. The highest BCUT2D eigenvalue weighted by Crippen LogP contribution is 2.28. The van der Waals surface area contributed by atoms with Gasteiger partial charge in [0.05, 0.1) is 5.56 Å². The number of rotatable bonds is 4. The molecule has 32 heavy (non-hydrogen) atoms. The minimum absolute atomic E-state index is 0.0614. The molecule has 0 heterocycles. The van der Waals surface area contributed by atoms with Crippen molar-refractivity contribution in [2.45, 2.75) is 0 Å². The highest BCUT2D eigenvalue weighted by Gasteiger charge is 2.17. The van der Waals surface area contributed by atoms with Gasteiger partial charge in [0.15, 0.2) is 11.6 Å². The smallest absolute Gasteiger partial charge is 0.200 e. The molecule has 4 rings (SSSR count). The maximum absolute atomic E-state index is 12.0. The van der Waals surface area contributed by atoms with Gasteiger partial charge >= 0.3 is 0 Å². The largest absolute Gasteiger partial charge is 0.508 e. The summed E-state index contributed by atoms with van der Waals surface area (Å²) in [5, 5.41) is 37.7. The van der Waals surface area contributed by atoms with Crippen LogP contribution in [0, 0.1) is 0 Å². The molecule has 0 radical (unpaired) electrons. The van der Waals surface area contributed by atoms with Crippen LogP contribution in [0.1, 0.15) is 31.8 Å². The van der Waals surface area contributed by atoms with E-state index < -0.39 is 5.78 Å². The number of carbonyl (C=O) groups is 2. The van der Waals surface area contributed by atoms with Crippen LogP contribution in [0.25, 0.3) is 0 Å². The molecule has 6 nitrogen and oxygen atoms in total. The van der Waals surface area contributed by atoms with E-state index in [9.17, 15) is 24.9 Å². The lowest BCUT2D eigenvalue weighted by Gasteiger charge is -2.05. The monoisotopic (exact) mass is 428 g/mol. The van der Waals surface area contributed by atoms with E-state index >= 15 is 0 Å². The second-order valence-corrected chi connectivity index (χ2v) is 6.76. The molecule has 0 atom stereocenters. The fourth-order valence-electron chi connectivity index (χ4n) is 2.95. The van der Waals surface area contributed by atoms with Crippen molar-refractivity contribution in [3.8, 4) is 23.0 Å². The van der Waals surface area contributed by atoms with Gasteiger partial charge in [-0.3, -0.25) is 9.59 Å². The molecule has 0 spiro atoms. The molecule has 0 aliphatic rings. The van der Waals surface area contributed by atoms with Crippen LogP contribution >= 0.6 is 0 Å². The van der Waals surface area contributed by atoms with E-state index in [1.54, 1.807) is 54.6 Å². The van der Waals surface area contributed by atoms with Crippen molar-refractivity contribution in [1.82, 2.24) is 0 Å². The molecule has 0 unspecified atom stereocenters. The Morgan fingerprint density at radius 2 is 1.00 bits per heavy atom. The van der Waals surface area contributed by atoms with E-state index in [4.69, 9.17) is 5.11 Å². The zero-order valence-corrected chi connectivity index (χ0v) is 16.8. The summed E-state index contributed by atoms with van der Waals surface area (Å²) >= 11 is 0. The third-order valence-corrected chi connectivity index (χ3v) is 4.55. The molecule has 0 aliphatic carbocycles. The summed E-state index contributed by atoms with van der Waals surface area (Å²) in [7, 11) is 0. The van der Waals surface area contributed by atoms with E-state index in [1.165, 1.54) is 30.3 Å². The lowest BCUT2D eigenvalue weighted by Crippen LogP contribution is -2.01. The number of carbonyl (C=O) groups excluding carboxylic acids is 2. The number of hydrogen-bond donors (Lipinski definition) is 4. The Morgan fingerprint density at radius 1 is 0.500 bits per heavy atom. The molecule has 0 saturated heterocycles. The van der Waals surface area contributed by atoms with Crippen LogP contribution in [0.2, 0.25) is 0 Å². The SMILES string of the molecule is O=C(c1ccccc1)c1c(O)cccc1O.O=C(c1ccccc1)c1ccc(O)cc1O. The van der Waals surface area contributed by atoms with Crippen LogP contribution in [0.4, 0.5) is 0 Å². The molecule has 4 aromatic carbocycles. The van der Waals surface area contributed by atoms with Crippen LogP contribution in [0.3, 0.4) is 0 Å². The summed E-state index contributed by atoms with van der Waals surface area (Å²) in [6.45, 7) is 0. The lowest BCUT2D eigenvalue weighted by molar-refractivity contribution is 0.102. The third-order valence-electron chi connectivity index (χ3n) is 4.55. The van der Waals surface area contributed by atoms with E-state index in [1.807, 2.05) is 6.07 Å². The fourth-order valence-corrected chi connectivity index (χ4v) is 2.95. The molecule has 0 fully saturated rings. The van der Waals surface area contributed by atoms with Crippen LogP contribution in [0.5, 0.6) is 23.0 Å². The molecule has 4 N–H and O–H groups in total. The highest BCUT2D eigenvalue weighted by molar-refractivity contribution is 6.12. The summed E-state index contributed by atoms with van der Waals surface area (Å²) in [5.41, 5.74) is 1.06. The summed E-state index contributed by atoms with van der Waals surface area (Å²) in [5.74, 6) is -1.37. The zero-order chi connectivity index (χ0) is 23.1. The zero-order valence-electron chi connectivity index (χ0n) is 16.8. The van der Waals surface area contributed by atoms with Gasteiger partial charge in [-0.2, -0.15) is 0 Å². The van der Waals surface area contributed by atoms with E-state index in [0.29, 0.717) is 11.1 Å². The number of phenols is 4. The van der Waals surface area contributed by atoms with Crippen molar-refractivity contribution in [3.63, 3.8) is 0 Å². The van der Waals surface area contributed by atoms with Crippen molar-refractivity contribution in [3.05, 3.63) is 119 Å². The van der Waals surface area contributed by atoms with Gasteiger partial charge < -0.3 is 20.4 Å². The van der Waals surface area contributed by atoms with Gasteiger partial charge in [-0.25, -0.2) is 0 Å². The first kappa shape index (κ1) is 22.1. The minimum Gasteiger partial charge on any atom is -0.508 e. The van der Waals surface area contributed by atoms with Crippen LogP contribution in [-0.2, 0) is 0 Å². The Bertz CT molecular complexity index is 1210. The van der Waals surface area contributed by atoms with Gasteiger partial charge in [0, 0.05) is 17.2 Å². The minimum atomic E-state index is -0.392. The van der Waals surface area contributed by atoms with Crippen LogP contribution in [-0.4, -0.2) is 32.0 Å². The Balaban J connectivity index is 0.000000181. The van der Waals surface area contributed by atoms with Crippen LogP contribution in [0.15, 0.2) is 97.1 Å². The molecular formula is C26H20O6. The molecule has 160 valence electrons. The molecule has 0 amide bonds. The number of benzene rings is 4. The van der Waals surface area contributed by atoms with Gasteiger partial charge in [0.25, 0.3) is 0 Å². The standard InChI is InChI=1S/2C13H10O3/c14-10-7-4-8-11(15)12(10)13(16)9-5-2-1-3-6-9;14-10-6-7-11(12(15)8-10)13(16)9-4-2-1-3-5-9/h2*1-8,14-15H. The van der Waals surface area contributed by atoms with Gasteiger partial charge in [-0.15, -0.1) is 0 Å². The predicted octanol–water partition coefficient (Wildman–Crippen LogP) is 4.66. The molecule has 6 heteroatoms. The average Bonchev–Trinajstić information content (AvgIpc) is 2.80. The van der Waals surface area contributed by atoms with Crippen molar-refractivity contribution in [2.24, 2.45) is 0 Å². The summed E-state index contributed by atoms with van der Waals surface area (Å²) < 4.78 is 0. The summed E-state index contributed by atoms with van der Waals surface area (Å²) in [4.78, 5) is 23.9. The second-order valence-electron chi connectivity index (χ2n) is 6.76. The molecule has 4 aromatic rings. The molecule has 0 aliphatic heterocycles. The summed E-state index contributed by atoms with van der Waals surface area (Å²) in [6.07, 6.45) is 0. The Labute approximate surface area is 184 Å². The number of hydrogen-bond acceptors (Lipinski definition) is 6. The Kier molecular flexibility index (Phi) is 6.88. The molecule has 0 aromatic heterocycles. The Hall–Kier alpha value is -4.58. The van der Waals surface area contributed by atoms with Crippen LogP contribution < -0.4 is 0 Å². The maximum Gasteiger partial charge on any atom is 0.200 e. The first-order valence-electron chi connectivity index (χ1n) is 9.61. The van der Waals surface area contributed by atoms with E-state index in [0.717, 1.165) is 6.07 Å². The van der Waals surface area contributed by atoms with E-state index in [2.05, 4.69) is 0 Å². The summed E-state index contributed by atoms with van der Waals surface area (Å²) in [6, 6.07) is 25.3. The lowest BCUT2D eigenvalue weighted by atomic mass is 10.0. The topological polar surface area (TPSA) is 115 Å². The number of aromatic hydroxyl groups is 4. The fraction of sp³-hybridized carbons (Fsp3) is 0. The normalized spacial score (nSPS) is 10.0. The Morgan fingerprint density at radius 3 is 1.50 bits per heavy atom. The quantitative estimate of drug-likeness (QED) is 0.352. The van der Waals surface area contributed by atoms with Gasteiger partial charge in [-0.05, 0) is 24.3 Å². The van der Waals surface area contributed by atoms with Crippen molar-refractivity contribution >= 4 is 11.6 Å². The van der Waals surface area contributed by atoms with Gasteiger partial charge in [0.1, 0.15) is 28.6 Å². The maximum atomic E-state index is 12.0.